The van der Waals surface area contributed by atoms with Gasteiger partial charge in [-0.05, 0) is 55.7 Å². The van der Waals surface area contributed by atoms with Crippen LogP contribution in [0.4, 0.5) is 5.69 Å². The fourth-order valence-corrected chi connectivity index (χ4v) is 4.30. The number of para-hydroxylation sites is 1. The standard InChI is InChI=1S/C18H16N2O2.C9H11NO.C2H4.2H2/c1-11-5-7-12(8-6-11)17-19-18(22)14-4-2-3-13-15(21)9-10-20(17)16(13)14;1-6-4-3-5-8(7(6)2)9(10)11;1-2;;/h2-8,17H,9-10H2,1H3,(H,19,22);3-5H,1-2H3,(H2,10,11);1-2H2;2*1H. The highest BCUT2D eigenvalue weighted by atomic mass is 16.2. The molecule has 0 bridgehead atoms. The third kappa shape index (κ3) is 5.17. The summed E-state index contributed by atoms with van der Waals surface area (Å²) in [5.74, 6) is -0.356. The number of nitrogens with zero attached hydrogens (tertiary/aromatic N) is 1. The predicted octanol–water partition coefficient (Wildman–Crippen LogP) is 5.53. The quantitative estimate of drug-likeness (QED) is 0.479. The van der Waals surface area contributed by atoms with Gasteiger partial charge in [-0.1, -0.05) is 48.0 Å². The van der Waals surface area contributed by atoms with Gasteiger partial charge in [0.2, 0.25) is 5.91 Å². The molecule has 0 aromatic heterocycles. The first-order chi connectivity index (χ1) is 16.8. The van der Waals surface area contributed by atoms with E-state index in [4.69, 9.17) is 5.73 Å². The fourth-order valence-electron chi connectivity index (χ4n) is 4.30. The van der Waals surface area contributed by atoms with E-state index in [-0.39, 0.29) is 26.6 Å². The highest BCUT2D eigenvalue weighted by Gasteiger charge is 2.37. The van der Waals surface area contributed by atoms with Crippen LogP contribution in [-0.4, -0.2) is 24.1 Å². The smallest absolute Gasteiger partial charge is 0.255 e. The number of benzene rings is 3. The minimum atomic E-state index is -0.355. The van der Waals surface area contributed by atoms with E-state index >= 15 is 0 Å². The summed E-state index contributed by atoms with van der Waals surface area (Å²) in [6.45, 7) is 12.5. The van der Waals surface area contributed by atoms with Crippen LogP contribution in [-0.2, 0) is 0 Å². The van der Waals surface area contributed by atoms with Crippen molar-refractivity contribution in [1.82, 2.24) is 5.32 Å². The summed E-state index contributed by atoms with van der Waals surface area (Å²) < 4.78 is 0. The molecule has 184 valence electrons. The first kappa shape index (κ1) is 25.4. The van der Waals surface area contributed by atoms with E-state index in [9.17, 15) is 14.4 Å². The summed E-state index contributed by atoms with van der Waals surface area (Å²) in [4.78, 5) is 37.5. The van der Waals surface area contributed by atoms with Gasteiger partial charge in [0.05, 0.1) is 11.3 Å². The van der Waals surface area contributed by atoms with E-state index in [1.54, 1.807) is 18.2 Å². The van der Waals surface area contributed by atoms with E-state index in [2.05, 4.69) is 23.4 Å². The second-order valence-electron chi connectivity index (χ2n) is 8.47. The molecular weight excluding hydrogens is 438 g/mol. The van der Waals surface area contributed by atoms with Crippen LogP contribution in [0.5, 0.6) is 0 Å². The van der Waals surface area contributed by atoms with Crippen molar-refractivity contribution in [2.24, 2.45) is 5.73 Å². The maximum atomic E-state index is 12.4. The second kappa shape index (κ2) is 10.8. The number of hydrogen-bond donors (Lipinski definition) is 2. The molecule has 1 atom stereocenters. The molecule has 3 N–H and O–H groups in total. The minimum absolute atomic E-state index is 0. The average molecular weight is 474 g/mol. The van der Waals surface area contributed by atoms with Gasteiger partial charge < -0.3 is 16.0 Å². The summed E-state index contributed by atoms with van der Waals surface area (Å²) in [7, 11) is 0. The fraction of sp³-hybridized carbons (Fsp3) is 0.207. The number of ketones is 1. The largest absolute Gasteiger partial charge is 0.366 e. The Morgan fingerprint density at radius 1 is 0.971 bits per heavy atom. The molecule has 0 radical (unpaired) electrons. The molecule has 0 aliphatic carbocycles. The molecular formula is C29H35N3O3. The lowest BCUT2D eigenvalue weighted by atomic mass is 9.92. The van der Waals surface area contributed by atoms with Crippen molar-refractivity contribution >= 4 is 23.3 Å². The van der Waals surface area contributed by atoms with Gasteiger partial charge in [-0.25, -0.2) is 0 Å². The van der Waals surface area contributed by atoms with Gasteiger partial charge in [0.1, 0.15) is 6.17 Å². The van der Waals surface area contributed by atoms with Crippen LogP contribution in [0, 0.1) is 20.8 Å². The molecule has 2 aliphatic rings. The normalized spacial score (nSPS) is 15.5. The van der Waals surface area contributed by atoms with Gasteiger partial charge in [-0.15, -0.1) is 13.2 Å². The van der Waals surface area contributed by atoms with Gasteiger partial charge in [0.15, 0.2) is 5.78 Å². The molecule has 2 heterocycles. The number of nitrogens with two attached hydrogens (primary N) is 1. The number of nitrogens with one attached hydrogen (secondary N) is 1. The van der Waals surface area contributed by atoms with Crippen LogP contribution in [0.25, 0.3) is 0 Å². The summed E-state index contributed by atoms with van der Waals surface area (Å²) >= 11 is 0. The third-order valence-electron chi connectivity index (χ3n) is 6.29. The van der Waals surface area contributed by atoms with Crippen LogP contribution in [0.1, 0.15) is 68.8 Å². The lowest BCUT2D eigenvalue weighted by Crippen LogP contribution is -2.49. The van der Waals surface area contributed by atoms with Crippen LogP contribution < -0.4 is 16.0 Å². The van der Waals surface area contributed by atoms with Gasteiger partial charge >= 0.3 is 0 Å². The molecule has 35 heavy (non-hydrogen) atoms. The number of hydrogen-bond acceptors (Lipinski definition) is 4. The van der Waals surface area contributed by atoms with Gasteiger partial charge in [0, 0.05) is 26.9 Å². The van der Waals surface area contributed by atoms with Gasteiger partial charge in [0.25, 0.3) is 5.91 Å². The zero-order valence-electron chi connectivity index (χ0n) is 20.4. The number of carbonyl (C=O) groups is 3. The Morgan fingerprint density at radius 2 is 1.60 bits per heavy atom. The number of primary amides is 1. The molecule has 6 heteroatoms. The molecule has 0 saturated heterocycles. The molecule has 3 aromatic carbocycles. The molecule has 2 amide bonds. The predicted molar refractivity (Wildman–Crippen MR) is 144 cm³/mol. The van der Waals surface area contributed by atoms with Crippen molar-refractivity contribution < 1.29 is 17.2 Å². The maximum Gasteiger partial charge on any atom is 0.255 e. The zero-order valence-corrected chi connectivity index (χ0v) is 20.4. The Labute approximate surface area is 209 Å². The second-order valence-corrected chi connectivity index (χ2v) is 8.47. The van der Waals surface area contributed by atoms with E-state index in [1.165, 1.54) is 5.56 Å². The summed E-state index contributed by atoms with van der Waals surface area (Å²) in [5, 5.41) is 3.06. The van der Waals surface area contributed by atoms with Gasteiger partial charge in [-0.3, -0.25) is 14.4 Å². The van der Waals surface area contributed by atoms with Crippen molar-refractivity contribution in [3.05, 3.63) is 113 Å². The topological polar surface area (TPSA) is 92.5 Å². The SMILES string of the molecule is C=C.Cc1ccc(C2NC(=O)c3cccc4c3N2CCC4=O)cc1.Cc1cccc(C(N)=O)c1C.[HH].[HH]. The van der Waals surface area contributed by atoms with Crippen LogP contribution in [0.3, 0.4) is 0 Å². The van der Waals surface area contributed by atoms with Crippen LogP contribution >= 0.6 is 0 Å². The molecule has 0 spiro atoms. The highest BCUT2D eigenvalue weighted by Crippen LogP contribution is 2.39. The van der Waals surface area contributed by atoms with Gasteiger partial charge in [-0.2, -0.15) is 0 Å². The van der Waals surface area contributed by atoms with Crippen molar-refractivity contribution in [2.75, 3.05) is 11.4 Å². The lowest BCUT2D eigenvalue weighted by molar-refractivity contribution is 0.0919. The molecule has 0 fully saturated rings. The number of aryl methyl sites for hydroxylation is 2. The Morgan fingerprint density at radius 3 is 2.23 bits per heavy atom. The molecule has 3 aromatic rings. The number of anilines is 1. The van der Waals surface area contributed by atoms with E-state index in [1.807, 2.05) is 63.2 Å². The highest BCUT2D eigenvalue weighted by molar-refractivity contribution is 6.11. The van der Waals surface area contributed by atoms with Crippen molar-refractivity contribution in [3.63, 3.8) is 0 Å². The number of carbonyl (C=O) groups excluding carboxylic acids is 3. The first-order valence-corrected chi connectivity index (χ1v) is 11.4. The van der Waals surface area contributed by atoms with Crippen LogP contribution in [0.15, 0.2) is 73.8 Å². The maximum absolute atomic E-state index is 12.4. The monoisotopic (exact) mass is 473 g/mol. The number of Topliss-reactive ketones (excluding diaryl/α,β-unsaturated/α-hetero) is 1. The first-order valence-electron chi connectivity index (χ1n) is 11.4. The van der Waals surface area contributed by atoms with Crippen LogP contribution in [0.2, 0.25) is 0 Å². The Bertz CT molecular complexity index is 1260. The van der Waals surface area contributed by atoms with E-state index in [0.717, 1.165) is 22.4 Å². The van der Waals surface area contributed by atoms with E-state index in [0.29, 0.717) is 29.7 Å². The Hall–Kier alpha value is -4.19. The lowest BCUT2D eigenvalue weighted by Gasteiger charge is -2.42. The number of rotatable bonds is 2. The van der Waals surface area contributed by atoms with Crippen molar-refractivity contribution in [3.8, 4) is 0 Å². The Balaban J connectivity index is 0.000000392. The Kier molecular flexibility index (Phi) is 7.87. The van der Waals surface area contributed by atoms with E-state index < -0.39 is 0 Å². The van der Waals surface area contributed by atoms with Crippen molar-refractivity contribution in [2.45, 2.75) is 33.4 Å². The average Bonchev–Trinajstić information content (AvgIpc) is 2.86. The molecule has 2 aliphatic heterocycles. The molecule has 0 saturated carbocycles. The molecule has 5 rings (SSSR count). The summed E-state index contributed by atoms with van der Waals surface area (Å²) in [6, 6.07) is 19.1. The minimum Gasteiger partial charge on any atom is -0.366 e. The number of amides is 2. The van der Waals surface area contributed by atoms with Crippen molar-refractivity contribution in [1.29, 1.82) is 0 Å². The molecule has 1 unspecified atom stereocenters. The summed E-state index contributed by atoms with van der Waals surface area (Å²) in [5.41, 5.74) is 12.1. The molecule has 6 nitrogen and oxygen atoms in total. The third-order valence-corrected chi connectivity index (χ3v) is 6.29. The summed E-state index contributed by atoms with van der Waals surface area (Å²) in [6.07, 6.45) is 0.268. The zero-order chi connectivity index (χ0) is 25.7.